The first kappa shape index (κ1) is 13.4. The van der Waals surface area contributed by atoms with Gasteiger partial charge in [0.2, 0.25) is 10.0 Å². The van der Waals surface area contributed by atoms with Crippen LogP contribution in [0, 0.1) is 11.8 Å². The van der Waals surface area contributed by atoms with E-state index in [0.717, 1.165) is 12.8 Å². The van der Waals surface area contributed by atoms with E-state index in [9.17, 15) is 13.5 Å². The van der Waals surface area contributed by atoms with Gasteiger partial charge in [-0.25, -0.2) is 13.1 Å². The zero-order valence-electron chi connectivity index (χ0n) is 10.5. The zero-order chi connectivity index (χ0) is 13.2. The van der Waals surface area contributed by atoms with Crippen molar-refractivity contribution in [2.75, 3.05) is 6.54 Å². The Bertz CT molecular complexity index is 513. The maximum atomic E-state index is 12.0. The number of hydrogen-bond acceptors (Lipinski definition) is 3. The second-order valence-electron chi connectivity index (χ2n) is 5.13. The van der Waals surface area contributed by atoms with E-state index in [1.165, 1.54) is 30.7 Å². The molecule has 1 aromatic rings. The van der Waals surface area contributed by atoms with Gasteiger partial charge in [-0.2, -0.15) is 0 Å². The van der Waals surface area contributed by atoms with Crippen molar-refractivity contribution in [1.29, 1.82) is 0 Å². The van der Waals surface area contributed by atoms with Gasteiger partial charge in [0.05, 0.1) is 4.90 Å². The van der Waals surface area contributed by atoms with Crippen LogP contribution < -0.4 is 4.72 Å². The van der Waals surface area contributed by atoms with E-state index in [1.54, 1.807) is 0 Å². The van der Waals surface area contributed by atoms with Crippen LogP contribution in [0.25, 0.3) is 0 Å². The Kier molecular flexibility index (Phi) is 3.92. The van der Waals surface area contributed by atoms with E-state index in [4.69, 9.17) is 0 Å². The maximum Gasteiger partial charge on any atom is 0.240 e. The maximum absolute atomic E-state index is 12.0. The summed E-state index contributed by atoms with van der Waals surface area (Å²) in [5.74, 6) is 1.10. The van der Waals surface area contributed by atoms with Gasteiger partial charge in [-0.15, -0.1) is 0 Å². The predicted molar refractivity (Wildman–Crippen MR) is 69.8 cm³/mol. The molecular formula is C13H19NO3S. The summed E-state index contributed by atoms with van der Waals surface area (Å²) in [6.07, 6.45) is 3.35. The van der Waals surface area contributed by atoms with E-state index >= 15 is 0 Å². The van der Waals surface area contributed by atoms with E-state index in [0.29, 0.717) is 18.4 Å². The number of phenolic OH excluding ortho intramolecular Hbond substituents is 1. The summed E-state index contributed by atoms with van der Waals surface area (Å²) in [6, 6.07) is 5.73. The average Bonchev–Trinajstić information content (AvgIpc) is 2.73. The summed E-state index contributed by atoms with van der Waals surface area (Å²) in [4.78, 5) is 0.119. The Hall–Kier alpha value is -1.07. The third kappa shape index (κ3) is 3.23. The summed E-state index contributed by atoms with van der Waals surface area (Å²) in [7, 11) is -3.50. The van der Waals surface area contributed by atoms with Crippen LogP contribution in [0.5, 0.6) is 5.75 Å². The summed E-state index contributed by atoms with van der Waals surface area (Å²) in [6.45, 7) is 2.69. The van der Waals surface area contributed by atoms with Crippen molar-refractivity contribution in [2.45, 2.75) is 31.1 Å². The first-order chi connectivity index (χ1) is 8.47. The molecule has 4 nitrogen and oxygen atoms in total. The van der Waals surface area contributed by atoms with Crippen molar-refractivity contribution in [3.05, 3.63) is 24.3 Å². The van der Waals surface area contributed by atoms with Gasteiger partial charge in [0, 0.05) is 6.54 Å². The molecule has 2 atom stereocenters. The van der Waals surface area contributed by atoms with Crippen molar-refractivity contribution >= 4 is 10.0 Å². The molecule has 1 fully saturated rings. The third-order valence-electron chi connectivity index (χ3n) is 3.49. The number of hydrogen-bond donors (Lipinski definition) is 2. The first-order valence-corrected chi connectivity index (χ1v) is 7.74. The van der Waals surface area contributed by atoms with E-state index in [2.05, 4.69) is 11.6 Å². The summed E-state index contributed by atoms with van der Waals surface area (Å²) in [5, 5.41) is 9.30. The molecule has 2 unspecified atom stereocenters. The number of phenols is 1. The molecule has 1 saturated carbocycles. The van der Waals surface area contributed by atoms with Crippen LogP contribution in [-0.2, 0) is 10.0 Å². The van der Waals surface area contributed by atoms with Gasteiger partial charge in [0.1, 0.15) is 5.75 Å². The van der Waals surface area contributed by atoms with Crippen LogP contribution in [0.4, 0.5) is 0 Å². The van der Waals surface area contributed by atoms with Crippen LogP contribution in [-0.4, -0.2) is 20.1 Å². The van der Waals surface area contributed by atoms with Gasteiger partial charge in [-0.1, -0.05) is 19.4 Å². The van der Waals surface area contributed by atoms with Gasteiger partial charge < -0.3 is 5.11 Å². The van der Waals surface area contributed by atoms with Gasteiger partial charge in [0.25, 0.3) is 0 Å². The molecule has 0 radical (unpaired) electrons. The van der Waals surface area contributed by atoms with Crippen LogP contribution >= 0.6 is 0 Å². The van der Waals surface area contributed by atoms with Crippen LogP contribution in [0.3, 0.4) is 0 Å². The zero-order valence-corrected chi connectivity index (χ0v) is 11.3. The van der Waals surface area contributed by atoms with Crippen LogP contribution in [0.2, 0.25) is 0 Å². The minimum absolute atomic E-state index is 0.0348. The highest BCUT2D eigenvalue weighted by Crippen LogP contribution is 2.30. The summed E-state index contributed by atoms with van der Waals surface area (Å²) < 4.78 is 26.6. The lowest BCUT2D eigenvalue weighted by atomic mass is 10.1. The molecule has 100 valence electrons. The lowest BCUT2D eigenvalue weighted by molar-refractivity contribution is 0.472. The minimum atomic E-state index is -3.50. The second kappa shape index (κ2) is 5.28. The normalized spacial score (nSPS) is 24.3. The average molecular weight is 269 g/mol. The Morgan fingerprint density at radius 1 is 1.39 bits per heavy atom. The molecule has 1 aliphatic carbocycles. The highest BCUT2D eigenvalue weighted by Gasteiger charge is 2.23. The molecule has 0 amide bonds. The van der Waals surface area contributed by atoms with E-state index in [1.807, 2.05) is 0 Å². The molecule has 0 bridgehead atoms. The third-order valence-corrected chi connectivity index (χ3v) is 4.91. The molecular weight excluding hydrogens is 250 g/mol. The number of nitrogens with one attached hydrogen (secondary N) is 1. The SMILES string of the molecule is CC1CCC(CNS(=O)(=O)c2cccc(O)c2)C1. The molecule has 18 heavy (non-hydrogen) atoms. The fourth-order valence-corrected chi connectivity index (χ4v) is 3.63. The van der Waals surface area contributed by atoms with Crippen molar-refractivity contribution < 1.29 is 13.5 Å². The first-order valence-electron chi connectivity index (χ1n) is 6.26. The second-order valence-corrected chi connectivity index (χ2v) is 6.90. The van der Waals surface area contributed by atoms with Crippen LogP contribution in [0.15, 0.2) is 29.2 Å². The number of aromatic hydroxyl groups is 1. The molecule has 0 saturated heterocycles. The highest BCUT2D eigenvalue weighted by atomic mass is 32.2. The van der Waals surface area contributed by atoms with Gasteiger partial charge in [0.15, 0.2) is 0 Å². The molecule has 0 aliphatic heterocycles. The monoisotopic (exact) mass is 269 g/mol. The topological polar surface area (TPSA) is 66.4 Å². The predicted octanol–water partition coefficient (Wildman–Crippen LogP) is 2.11. The molecule has 5 heteroatoms. The standard InChI is InChI=1S/C13H19NO3S/c1-10-5-6-11(7-10)9-14-18(16,17)13-4-2-3-12(15)8-13/h2-4,8,10-11,14-15H,5-7,9H2,1H3. The van der Waals surface area contributed by atoms with Crippen molar-refractivity contribution in [2.24, 2.45) is 11.8 Å². The number of sulfonamides is 1. The molecule has 2 N–H and O–H groups in total. The molecule has 0 heterocycles. The molecule has 0 spiro atoms. The van der Waals surface area contributed by atoms with Gasteiger partial charge >= 0.3 is 0 Å². The number of rotatable bonds is 4. The van der Waals surface area contributed by atoms with Gasteiger partial charge in [-0.05, 0) is 42.9 Å². The Balaban J connectivity index is 1.99. The largest absolute Gasteiger partial charge is 0.508 e. The molecule has 1 aromatic carbocycles. The van der Waals surface area contributed by atoms with Gasteiger partial charge in [-0.3, -0.25) is 0 Å². The minimum Gasteiger partial charge on any atom is -0.508 e. The lowest BCUT2D eigenvalue weighted by Crippen LogP contribution is -2.28. The van der Waals surface area contributed by atoms with Crippen LogP contribution in [0.1, 0.15) is 26.2 Å². The lowest BCUT2D eigenvalue weighted by Gasteiger charge is -2.11. The quantitative estimate of drug-likeness (QED) is 0.879. The highest BCUT2D eigenvalue weighted by molar-refractivity contribution is 7.89. The Labute approximate surface area is 108 Å². The smallest absolute Gasteiger partial charge is 0.240 e. The Morgan fingerprint density at radius 3 is 2.78 bits per heavy atom. The van der Waals surface area contributed by atoms with E-state index in [-0.39, 0.29) is 10.6 Å². The molecule has 2 rings (SSSR count). The van der Waals surface area contributed by atoms with E-state index < -0.39 is 10.0 Å². The van der Waals surface area contributed by atoms with Crippen molar-refractivity contribution in [1.82, 2.24) is 4.72 Å². The van der Waals surface area contributed by atoms with Crippen molar-refractivity contribution in [3.8, 4) is 5.75 Å². The van der Waals surface area contributed by atoms with Crippen molar-refractivity contribution in [3.63, 3.8) is 0 Å². The fraction of sp³-hybridized carbons (Fsp3) is 0.538. The Morgan fingerprint density at radius 2 is 2.17 bits per heavy atom. The summed E-state index contributed by atoms with van der Waals surface area (Å²) >= 11 is 0. The summed E-state index contributed by atoms with van der Waals surface area (Å²) in [5.41, 5.74) is 0. The molecule has 0 aromatic heterocycles. The number of benzene rings is 1. The molecule has 1 aliphatic rings. The fourth-order valence-electron chi connectivity index (χ4n) is 2.47.